The molecule has 0 aliphatic carbocycles. The van der Waals surface area contributed by atoms with E-state index in [-0.39, 0.29) is 0 Å². The highest BCUT2D eigenvalue weighted by atomic mass is 32.2. The zero-order valence-electron chi connectivity index (χ0n) is 4.70. The van der Waals surface area contributed by atoms with Crippen LogP contribution >= 0.6 is 0 Å². The first kappa shape index (κ1) is 9.05. The van der Waals surface area contributed by atoms with Gasteiger partial charge in [-0.25, -0.2) is 0 Å². The van der Waals surface area contributed by atoms with E-state index in [2.05, 4.69) is 0 Å². The maximum Gasteiger partial charge on any atom is 0.312 e. The van der Waals surface area contributed by atoms with Crippen molar-refractivity contribution in [1.29, 1.82) is 0 Å². The summed E-state index contributed by atoms with van der Waals surface area (Å²) in [7, 11) is 0. The van der Waals surface area contributed by atoms with E-state index in [4.69, 9.17) is 5.11 Å². The Morgan fingerprint density at radius 2 is 2.10 bits per heavy atom. The summed E-state index contributed by atoms with van der Waals surface area (Å²) in [4.78, 5) is 19.9. The molecule has 0 saturated heterocycles. The molecule has 7 heteroatoms. The van der Waals surface area contributed by atoms with Gasteiger partial charge in [0.1, 0.15) is 6.42 Å². The maximum absolute atomic E-state index is 10.2. The highest BCUT2D eigenvalue weighted by molar-refractivity contribution is 7.77. The highest BCUT2D eigenvalue weighted by Gasteiger charge is 2.05. The third-order valence-corrected chi connectivity index (χ3v) is 0.903. The van der Waals surface area contributed by atoms with E-state index in [0.29, 0.717) is 0 Å². The molecule has 0 fully saturated rings. The zero-order chi connectivity index (χ0) is 8.15. The van der Waals surface area contributed by atoms with Gasteiger partial charge in [-0.3, -0.25) is 18.5 Å². The van der Waals surface area contributed by atoms with Crippen LogP contribution in [-0.4, -0.2) is 25.7 Å². The summed E-state index contributed by atoms with van der Waals surface area (Å²) in [6.45, 7) is 0. The summed E-state index contributed by atoms with van der Waals surface area (Å²) in [6, 6.07) is 0. The van der Waals surface area contributed by atoms with Gasteiger partial charge in [0.25, 0.3) is 0 Å². The molecule has 0 aromatic carbocycles. The minimum atomic E-state index is -2.72. The van der Waals surface area contributed by atoms with Crippen molar-refractivity contribution in [2.75, 3.05) is 0 Å². The number of carbonyl (C=O) groups excluding carboxylic acids is 1. The van der Waals surface area contributed by atoms with Gasteiger partial charge >= 0.3 is 5.97 Å². The number of hydrogen-bond donors (Lipinski definition) is 2. The predicted molar refractivity (Wildman–Crippen MR) is 29.3 cm³/mol. The molecule has 0 heterocycles. The summed E-state index contributed by atoms with van der Waals surface area (Å²) in [5.41, 5.74) is 0. The van der Waals surface area contributed by atoms with E-state index in [1.54, 1.807) is 0 Å². The minimum Gasteiger partial charge on any atom is -0.755 e. The Morgan fingerprint density at radius 3 is 2.40 bits per heavy atom. The van der Waals surface area contributed by atoms with Crippen molar-refractivity contribution in [2.24, 2.45) is 0 Å². The Morgan fingerprint density at radius 1 is 1.60 bits per heavy atom. The molecule has 0 bridgehead atoms. The van der Waals surface area contributed by atoms with Crippen LogP contribution in [0.3, 0.4) is 0 Å². The lowest BCUT2D eigenvalue weighted by molar-refractivity contribution is -0.140. The second kappa shape index (κ2) is 3.96. The Hall–Kier alpha value is -0.950. The van der Waals surface area contributed by atoms with E-state index >= 15 is 0 Å². The molecule has 1 unspecified atom stereocenters. The third kappa shape index (κ3) is 5.19. The summed E-state index contributed by atoms with van der Waals surface area (Å²) < 4.78 is 20.7. The van der Waals surface area contributed by atoms with Crippen LogP contribution in [0.25, 0.3) is 0 Å². The van der Waals surface area contributed by atoms with Crippen molar-refractivity contribution in [3.8, 4) is 0 Å². The largest absolute Gasteiger partial charge is 0.755 e. The number of carboxylic acids is 1. The molecule has 6 nitrogen and oxygen atoms in total. The Labute approximate surface area is 58.6 Å². The molecule has 58 valence electrons. The van der Waals surface area contributed by atoms with Crippen LogP contribution in [0.1, 0.15) is 6.42 Å². The van der Waals surface area contributed by atoms with Gasteiger partial charge in [0.05, 0.1) is 0 Å². The Balaban J connectivity index is 3.65. The van der Waals surface area contributed by atoms with E-state index < -0.39 is 29.6 Å². The van der Waals surface area contributed by atoms with E-state index in [1.165, 1.54) is 4.72 Å². The monoisotopic (exact) mass is 166 g/mol. The van der Waals surface area contributed by atoms with Crippen LogP contribution in [0.4, 0.5) is 0 Å². The molecule has 0 radical (unpaired) electrons. The number of hydrogen-bond acceptors (Lipinski definition) is 4. The summed E-state index contributed by atoms with van der Waals surface area (Å²) in [5.74, 6) is -2.43. The number of aliphatic carboxylic acids is 1. The molecule has 2 N–H and O–H groups in total. The molecule has 0 aromatic heterocycles. The molecular weight excluding hydrogens is 162 g/mol. The highest BCUT2D eigenvalue weighted by Crippen LogP contribution is 1.78. The summed E-state index contributed by atoms with van der Waals surface area (Å²) in [5, 5.41) is 7.93. The third-order valence-electron chi connectivity index (χ3n) is 0.509. The van der Waals surface area contributed by atoms with Crippen LogP contribution in [0.15, 0.2) is 0 Å². The lowest BCUT2D eigenvalue weighted by atomic mass is 10.4. The molecule has 0 aromatic rings. The second-order valence-electron chi connectivity index (χ2n) is 1.33. The van der Waals surface area contributed by atoms with Crippen molar-refractivity contribution < 1.29 is 23.5 Å². The van der Waals surface area contributed by atoms with Crippen molar-refractivity contribution in [3.63, 3.8) is 0 Å². The smallest absolute Gasteiger partial charge is 0.312 e. The molecule has 0 aliphatic rings. The van der Waals surface area contributed by atoms with E-state index in [0.717, 1.165) is 0 Å². The normalized spacial score (nSPS) is 12.1. The van der Waals surface area contributed by atoms with Crippen LogP contribution < -0.4 is 4.72 Å². The van der Waals surface area contributed by atoms with Crippen LogP contribution in [0.5, 0.6) is 0 Å². The standard InChI is InChI=1S/C3H5NO5S/c5-2(1-3(6)7)4-10(8)9/h1H2,(H,4,5)(H,6,7)(H,8,9)/p-1. The molecule has 10 heavy (non-hydrogen) atoms. The maximum atomic E-state index is 10.2. The number of amides is 1. The number of rotatable bonds is 3. The topological polar surface area (TPSA) is 107 Å². The molecule has 1 atom stereocenters. The lowest BCUT2D eigenvalue weighted by Crippen LogP contribution is -2.27. The zero-order valence-corrected chi connectivity index (χ0v) is 5.51. The van der Waals surface area contributed by atoms with Gasteiger partial charge < -0.3 is 9.66 Å². The molecule has 0 aliphatic heterocycles. The van der Waals surface area contributed by atoms with Crippen LogP contribution in [0.2, 0.25) is 0 Å². The van der Waals surface area contributed by atoms with E-state index in [9.17, 15) is 18.4 Å². The fourth-order valence-electron chi connectivity index (χ4n) is 0.266. The van der Waals surface area contributed by atoms with Crippen molar-refractivity contribution >= 4 is 23.1 Å². The van der Waals surface area contributed by atoms with Gasteiger partial charge in [-0.15, -0.1) is 0 Å². The Kier molecular flexibility index (Phi) is 3.59. The molecule has 0 saturated carbocycles. The summed E-state index contributed by atoms with van der Waals surface area (Å²) >= 11 is -2.72. The second-order valence-corrected chi connectivity index (χ2v) is 2.00. The summed E-state index contributed by atoms with van der Waals surface area (Å²) in [6.07, 6.45) is -0.839. The average Bonchev–Trinajstić information content (AvgIpc) is 1.58. The van der Waals surface area contributed by atoms with Gasteiger partial charge in [-0.2, -0.15) is 0 Å². The van der Waals surface area contributed by atoms with Gasteiger partial charge in [0.15, 0.2) is 0 Å². The van der Waals surface area contributed by atoms with Crippen molar-refractivity contribution in [3.05, 3.63) is 0 Å². The molecule has 0 spiro atoms. The lowest BCUT2D eigenvalue weighted by Gasteiger charge is -2.03. The number of nitrogens with one attached hydrogen (secondary N) is 1. The number of carboxylic acid groups (broad SMARTS) is 1. The van der Waals surface area contributed by atoms with Crippen LogP contribution in [0, 0.1) is 0 Å². The van der Waals surface area contributed by atoms with Gasteiger partial charge in [0.2, 0.25) is 5.91 Å². The predicted octanol–water partition coefficient (Wildman–Crippen LogP) is -1.63. The fourth-order valence-corrected chi connectivity index (χ4v) is 0.524. The van der Waals surface area contributed by atoms with Crippen molar-refractivity contribution in [2.45, 2.75) is 6.42 Å². The Bertz CT molecular complexity index is 160. The number of carbonyl (C=O) groups is 2. The fraction of sp³-hybridized carbons (Fsp3) is 0.333. The van der Waals surface area contributed by atoms with Crippen molar-refractivity contribution in [1.82, 2.24) is 4.72 Å². The first-order chi connectivity index (χ1) is 4.52. The van der Waals surface area contributed by atoms with E-state index in [1.807, 2.05) is 0 Å². The molecule has 1 amide bonds. The van der Waals surface area contributed by atoms with Gasteiger partial charge in [0, 0.05) is 11.3 Å². The SMILES string of the molecule is O=C(O)CC(=O)NS(=O)[O-]. The first-order valence-electron chi connectivity index (χ1n) is 2.13. The molecule has 0 rings (SSSR count). The average molecular weight is 166 g/mol. The quantitative estimate of drug-likeness (QED) is 0.386. The van der Waals surface area contributed by atoms with Gasteiger partial charge in [-0.1, -0.05) is 0 Å². The van der Waals surface area contributed by atoms with Gasteiger partial charge in [-0.05, 0) is 0 Å². The van der Waals surface area contributed by atoms with Crippen LogP contribution in [-0.2, 0) is 20.9 Å². The minimum absolute atomic E-state index is 0.839. The first-order valence-corrected chi connectivity index (χ1v) is 3.20. The molecular formula is C3H4NO5S-.